The lowest BCUT2D eigenvalue weighted by atomic mass is 10.1. The molecule has 114 valence electrons. The summed E-state index contributed by atoms with van der Waals surface area (Å²) < 4.78 is 5.09. The summed E-state index contributed by atoms with van der Waals surface area (Å²) in [7, 11) is 1.66. The van der Waals surface area contributed by atoms with Gasteiger partial charge in [0, 0.05) is 30.6 Å². The second-order valence-electron chi connectivity index (χ2n) is 5.34. The van der Waals surface area contributed by atoms with Gasteiger partial charge in [0.1, 0.15) is 0 Å². The normalized spacial score (nSPS) is 12.5. The molecular formula is C17H24N2O2. The Hall–Kier alpha value is -1.81. The number of nitrogens with one attached hydrogen (secondary N) is 2. The first kappa shape index (κ1) is 15.6. The van der Waals surface area contributed by atoms with Crippen molar-refractivity contribution in [2.75, 3.05) is 13.7 Å². The van der Waals surface area contributed by atoms with Gasteiger partial charge < -0.3 is 15.0 Å². The van der Waals surface area contributed by atoms with Gasteiger partial charge in [-0.25, -0.2) is 0 Å². The number of aromatic amines is 1. The molecule has 0 bridgehead atoms. The number of fused-ring (bicyclic) bond motifs is 1. The molecule has 21 heavy (non-hydrogen) atoms. The van der Waals surface area contributed by atoms with Crippen molar-refractivity contribution in [2.24, 2.45) is 0 Å². The molecule has 0 radical (unpaired) electrons. The fraction of sp³-hybridized carbons (Fsp3) is 0.471. The van der Waals surface area contributed by atoms with E-state index in [9.17, 15) is 4.79 Å². The third-order valence-corrected chi connectivity index (χ3v) is 3.75. The molecule has 0 saturated heterocycles. The van der Waals surface area contributed by atoms with Crippen molar-refractivity contribution in [1.29, 1.82) is 0 Å². The van der Waals surface area contributed by atoms with Crippen molar-refractivity contribution in [3.8, 4) is 0 Å². The van der Waals surface area contributed by atoms with Gasteiger partial charge in [-0.05, 0) is 30.9 Å². The number of carbonyl (C=O) groups is 1. The Morgan fingerprint density at radius 3 is 2.95 bits per heavy atom. The predicted molar refractivity (Wildman–Crippen MR) is 85.3 cm³/mol. The van der Waals surface area contributed by atoms with Gasteiger partial charge in [-0.3, -0.25) is 4.79 Å². The number of carbonyl (C=O) groups excluding carboxylic acids is 1. The molecule has 1 aromatic carbocycles. The van der Waals surface area contributed by atoms with Crippen molar-refractivity contribution in [3.05, 3.63) is 36.0 Å². The summed E-state index contributed by atoms with van der Waals surface area (Å²) in [5, 5.41) is 4.27. The smallest absolute Gasteiger partial charge is 0.220 e. The number of ether oxygens (including phenoxy) is 1. The molecule has 2 aromatic rings. The zero-order valence-electron chi connectivity index (χ0n) is 12.8. The van der Waals surface area contributed by atoms with Crippen LogP contribution in [0.3, 0.4) is 0 Å². The summed E-state index contributed by atoms with van der Waals surface area (Å²) in [6, 6.07) is 8.38. The Bertz CT molecular complexity index is 577. The molecule has 1 amide bonds. The fourth-order valence-corrected chi connectivity index (χ4v) is 2.54. The number of aromatic nitrogens is 1. The van der Waals surface area contributed by atoms with E-state index >= 15 is 0 Å². The van der Waals surface area contributed by atoms with E-state index in [1.54, 1.807) is 7.11 Å². The van der Waals surface area contributed by atoms with Crippen molar-refractivity contribution in [3.63, 3.8) is 0 Å². The molecule has 2 rings (SSSR count). The average molecular weight is 288 g/mol. The maximum atomic E-state index is 11.9. The van der Waals surface area contributed by atoms with E-state index in [0.717, 1.165) is 24.8 Å². The van der Waals surface area contributed by atoms with Crippen LogP contribution in [0.1, 0.15) is 31.7 Å². The van der Waals surface area contributed by atoms with Crippen LogP contribution >= 0.6 is 0 Å². The minimum atomic E-state index is 0.110. The number of benzene rings is 1. The maximum absolute atomic E-state index is 11.9. The lowest BCUT2D eigenvalue weighted by Crippen LogP contribution is -2.37. The first-order valence-corrected chi connectivity index (χ1v) is 7.58. The molecule has 2 N–H and O–H groups in total. The predicted octanol–water partition coefficient (Wildman–Crippen LogP) is 3.03. The number of para-hydroxylation sites is 1. The largest absolute Gasteiger partial charge is 0.383 e. The standard InChI is InChI=1S/C17H24N2O2/c1-3-14(12-21-2)19-17(20)10-6-7-13-11-18-16-9-5-4-8-15(13)16/h4-5,8-9,11,14,18H,3,6-7,10,12H2,1-2H3,(H,19,20)/t14-/m1/s1. The van der Waals surface area contributed by atoms with Gasteiger partial charge in [0.05, 0.1) is 12.6 Å². The van der Waals surface area contributed by atoms with Crippen LogP contribution in [0, 0.1) is 0 Å². The number of hydrogen-bond donors (Lipinski definition) is 2. The van der Waals surface area contributed by atoms with E-state index in [2.05, 4.69) is 29.4 Å². The van der Waals surface area contributed by atoms with Crippen LogP contribution in [0.25, 0.3) is 10.9 Å². The molecule has 4 heteroatoms. The van der Waals surface area contributed by atoms with Gasteiger partial charge in [-0.15, -0.1) is 0 Å². The summed E-state index contributed by atoms with van der Waals surface area (Å²) in [5.74, 6) is 0.110. The van der Waals surface area contributed by atoms with E-state index in [-0.39, 0.29) is 11.9 Å². The molecule has 0 saturated carbocycles. The summed E-state index contributed by atoms with van der Waals surface area (Å²) in [5.41, 5.74) is 2.44. The minimum absolute atomic E-state index is 0.110. The second kappa shape index (κ2) is 7.84. The number of H-pyrrole nitrogens is 1. The Balaban J connectivity index is 1.80. The highest BCUT2D eigenvalue weighted by Crippen LogP contribution is 2.19. The molecule has 1 aromatic heterocycles. The van der Waals surface area contributed by atoms with Gasteiger partial charge in [0.2, 0.25) is 5.91 Å². The van der Waals surface area contributed by atoms with E-state index in [4.69, 9.17) is 4.74 Å². The van der Waals surface area contributed by atoms with Crippen LogP contribution in [0.4, 0.5) is 0 Å². The number of rotatable bonds is 8. The maximum Gasteiger partial charge on any atom is 0.220 e. The topological polar surface area (TPSA) is 54.1 Å². The minimum Gasteiger partial charge on any atom is -0.383 e. The second-order valence-corrected chi connectivity index (χ2v) is 5.34. The lowest BCUT2D eigenvalue weighted by molar-refractivity contribution is -0.122. The van der Waals surface area contributed by atoms with Crippen molar-refractivity contribution >= 4 is 16.8 Å². The van der Waals surface area contributed by atoms with Crippen LogP contribution in [0.15, 0.2) is 30.5 Å². The molecule has 0 aliphatic rings. The van der Waals surface area contributed by atoms with Gasteiger partial charge in [0.15, 0.2) is 0 Å². The number of methoxy groups -OCH3 is 1. The molecule has 0 aliphatic heterocycles. The van der Waals surface area contributed by atoms with Gasteiger partial charge in [-0.1, -0.05) is 25.1 Å². The first-order valence-electron chi connectivity index (χ1n) is 7.58. The van der Waals surface area contributed by atoms with Crippen LogP contribution in [0.2, 0.25) is 0 Å². The van der Waals surface area contributed by atoms with Gasteiger partial charge >= 0.3 is 0 Å². The summed E-state index contributed by atoms with van der Waals surface area (Å²) in [4.78, 5) is 15.2. The number of hydrogen-bond acceptors (Lipinski definition) is 2. The lowest BCUT2D eigenvalue weighted by Gasteiger charge is -2.15. The molecule has 0 unspecified atom stereocenters. The van der Waals surface area contributed by atoms with Crippen LogP contribution in [-0.4, -0.2) is 30.6 Å². The number of amides is 1. The van der Waals surface area contributed by atoms with E-state index in [0.29, 0.717) is 13.0 Å². The van der Waals surface area contributed by atoms with E-state index in [1.165, 1.54) is 10.9 Å². The van der Waals surface area contributed by atoms with Crippen molar-refractivity contribution in [2.45, 2.75) is 38.6 Å². The quantitative estimate of drug-likeness (QED) is 0.784. The highest BCUT2D eigenvalue weighted by Gasteiger charge is 2.10. The molecule has 1 heterocycles. The van der Waals surface area contributed by atoms with Crippen LogP contribution in [-0.2, 0) is 16.0 Å². The van der Waals surface area contributed by atoms with Crippen LogP contribution < -0.4 is 5.32 Å². The highest BCUT2D eigenvalue weighted by molar-refractivity contribution is 5.83. The molecule has 1 atom stereocenters. The zero-order chi connectivity index (χ0) is 15.1. The number of aryl methyl sites for hydroxylation is 1. The van der Waals surface area contributed by atoms with E-state index < -0.39 is 0 Å². The third kappa shape index (κ3) is 4.33. The Morgan fingerprint density at radius 2 is 2.19 bits per heavy atom. The molecule has 0 spiro atoms. The van der Waals surface area contributed by atoms with Gasteiger partial charge in [-0.2, -0.15) is 0 Å². The van der Waals surface area contributed by atoms with Crippen LogP contribution in [0.5, 0.6) is 0 Å². The molecular weight excluding hydrogens is 264 g/mol. The molecule has 0 aliphatic carbocycles. The highest BCUT2D eigenvalue weighted by atomic mass is 16.5. The van der Waals surface area contributed by atoms with E-state index in [1.807, 2.05) is 18.3 Å². The SMILES string of the molecule is CC[C@H](COC)NC(=O)CCCc1c[nH]c2ccccc12. The Kier molecular flexibility index (Phi) is 5.81. The summed E-state index contributed by atoms with van der Waals surface area (Å²) >= 11 is 0. The molecule has 4 nitrogen and oxygen atoms in total. The fourth-order valence-electron chi connectivity index (χ4n) is 2.54. The third-order valence-electron chi connectivity index (χ3n) is 3.75. The average Bonchev–Trinajstić information content (AvgIpc) is 2.90. The Labute approximate surface area is 125 Å². The van der Waals surface area contributed by atoms with Gasteiger partial charge in [0.25, 0.3) is 0 Å². The van der Waals surface area contributed by atoms with Crippen molar-refractivity contribution < 1.29 is 9.53 Å². The first-order chi connectivity index (χ1) is 10.2. The summed E-state index contributed by atoms with van der Waals surface area (Å²) in [6.07, 6.45) is 5.26. The van der Waals surface area contributed by atoms with Crippen molar-refractivity contribution in [1.82, 2.24) is 10.3 Å². The monoisotopic (exact) mass is 288 g/mol. The summed E-state index contributed by atoms with van der Waals surface area (Å²) in [6.45, 7) is 2.63. The molecule has 0 fully saturated rings. The zero-order valence-corrected chi connectivity index (χ0v) is 12.8. The Morgan fingerprint density at radius 1 is 1.38 bits per heavy atom.